The van der Waals surface area contributed by atoms with E-state index in [0.717, 1.165) is 42.5 Å². The van der Waals surface area contributed by atoms with Crippen LogP contribution in [0, 0.1) is 0 Å². The molecule has 4 aromatic rings. The lowest BCUT2D eigenvalue weighted by Crippen LogP contribution is -2.42. The smallest absolute Gasteiger partial charge is 0.410 e. The first-order valence-corrected chi connectivity index (χ1v) is 15.5. The molecule has 2 heterocycles. The summed E-state index contributed by atoms with van der Waals surface area (Å²) >= 11 is 12.5. The number of fused-ring (bicyclic) bond motifs is 1. The maximum Gasteiger partial charge on any atom is 0.410 e. The Balaban J connectivity index is 1.46. The molecular weight excluding hydrogens is 585 g/mol. The molecule has 0 spiro atoms. The quantitative estimate of drug-likeness (QED) is 0.220. The zero-order valence-corrected chi connectivity index (χ0v) is 26.0. The zero-order chi connectivity index (χ0) is 30.5. The van der Waals surface area contributed by atoms with Crippen LogP contribution in [-0.4, -0.2) is 50.3 Å². The fourth-order valence-electron chi connectivity index (χ4n) is 6.26. The number of piperidine rings is 1. The molecule has 1 saturated heterocycles. The molecule has 1 aliphatic carbocycles. The molecule has 43 heavy (non-hydrogen) atoms. The molecule has 2 aliphatic rings. The molecule has 0 atom stereocenters. The predicted octanol–water partition coefficient (Wildman–Crippen LogP) is 8.21. The van der Waals surface area contributed by atoms with Crippen molar-refractivity contribution in [2.75, 3.05) is 13.1 Å². The molecule has 7 nitrogen and oxygen atoms in total. The highest BCUT2D eigenvalue weighted by molar-refractivity contribution is 6.30. The minimum Gasteiger partial charge on any atom is -0.480 e. The van der Waals surface area contributed by atoms with E-state index in [-0.39, 0.29) is 12.1 Å². The molecule has 0 unspecified atom stereocenters. The van der Waals surface area contributed by atoms with Gasteiger partial charge >= 0.3 is 12.1 Å². The normalized spacial score (nSPS) is 16.4. The number of hydrogen-bond acceptors (Lipinski definition) is 4. The number of carbonyl (C=O) groups excluding carboxylic acids is 1. The molecule has 1 aromatic heterocycles. The Bertz CT molecular complexity index is 1620. The number of carbonyl (C=O) groups is 2. The molecule has 0 radical (unpaired) electrons. The van der Waals surface area contributed by atoms with Crippen LogP contribution in [0.4, 0.5) is 4.79 Å². The predicted molar refractivity (Wildman–Crippen MR) is 168 cm³/mol. The number of imidazole rings is 1. The van der Waals surface area contributed by atoms with Gasteiger partial charge in [-0.05, 0) is 99.5 Å². The van der Waals surface area contributed by atoms with E-state index >= 15 is 0 Å². The molecule has 9 heteroatoms. The van der Waals surface area contributed by atoms with E-state index in [4.69, 9.17) is 32.9 Å². The van der Waals surface area contributed by atoms with E-state index in [1.165, 1.54) is 0 Å². The van der Waals surface area contributed by atoms with Crippen LogP contribution in [0.15, 0.2) is 66.7 Å². The maximum absolute atomic E-state index is 13.5. The minimum absolute atomic E-state index is 0.125. The molecular formula is C34H35Cl2N3O4. The number of carboxylic acid groups (broad SMARTS) is 1. The average Bonchev–Trinajstić information content (AvgIpc) is 3.74. The number of aromatic nitrogens is 2. The van der Waals surface area contributed by atoms with Crippen molar-refractivity contribution >= 4 is 46.3 Å². The maximum atomic E-state index is 13.5. The summed E-state index contributed by atoms with van der Waals surface area (Å²) in [4.78, 5) is 33.1. The third kappa shape index (κ3) is 5.61. The third-order valence-electron chi connectivity index (χ3n) is 8.45. The Hall–Kier alpha value is -3.55. The standard InChI is InChI=1S/C34H35Cl2N3O4/c1-33(2,3)43-32(42)38-18-16-27(17-19-38)39-29-20-24(10-15-28(29)37-30(39)21-4-5-21)34(31(40)41,22-6-11-25(35)12-7-22)23-8-13-26(36)14-9-23/h6-15,20-21,27H,4-5,16-19H2,1-3H3,(H,40,41). The monoisotopic (exact) mass is 619 g/mol. The number of carboxylic acids is 1. The fourth-order valence-corrected chi connectivity index (χ4v) is 6.51. The van der Waals surface area contributed by atoms with Gasteiger partial charge in [0.1, 0.15) is 16.8 Å². The van der Waals surface area contributed by atoms with Gasteiger partial charge in [0.15, 0.2) is 0 Å². The van der Waals surface area contributed by atoms with E-state index < -0.39 is 17.0 Å². The van der Waals surface area contributed by atoms with E-state index in [0.29, 0.717) is 45.7 Å². The highest BCUT2D eigenvalue weighted by atomic mass is 35.5. The first-order valence-electron chi connectivity index (χ1n) is 14.7. The summed E-state index contributed by atoms with van der Waals surface area (Å²) in [5, 5.41) is 12.1. The van der Waals surface area contributed by atoms with Crippen LogP contribution >= 0.6 is 23.2 Å². The van der Waals surface area contributed by atoms with Crippen LogP contribution < -0.4 is 0 Å². The zero-order valence-electron chi connectivity index (χ0n) is 24.5. The van der Waals surface area contributed by atoms with E-state index in [1.807, 2.05) is 39.0 Å². The van der Waals surface area contributed by atoms with Crippen molar-refractivity contribution in [3.05, 3.63) is 99.3 Å². The number of likely N-dealkylation sites (tertiary alicyclic amines) is 1. The second-order valence-corrected chi connectivity index (χ2v) is 13.5. The lowest BCUT2D eigenvalue weighted by atomic mass is 9.69. The first-order chi connectivity index (χ1) is 20.5. The number of hydrogen-bond donors (Lipinski definition) is 1. The number of ether oxygens (including phenoxy) is 1. The highest BCUT2D eigenvalue weighted by Gasteiger charge is 2.45. The van der Waals surface area contributed by atoms with E-state index in [1.54, 1.807) is 53.4 Å². The summed E-state index contributed by atoms with van der Waals surface area (Å²) in [7, 11) is 0. The van der Waals surface area contributed by atoms with Gasteiger partial charge in [-0.1, -0.05) is 53.5 Å². The Kier molecular flexibility index (Phi) is 7.68. The van der Waals surface area contributed by atoms with E-state index in [2.05, 4.69) is 4.57 Å². The van der Waals surface area contributed by atoms with Gasteiger partial charge in [-0.2, -0.15) is 0 Å². The summed E-state index contributed by atoms with van der Waals surface area (Å²) in [6.45, 7) is 6.79. The van der Waals surface area contributed by atoms with Crippen molar-refractivity contribution in [3.63, 3.8) is 0 Å². The number of amides is 1. The topological polar surface area (TPSA) is 84.7 Å². The van der Waals surface area contributed by atoms with Crippen molar-refractivity contribution in [2.45, 2.75) is 69.4 Å². The number of rotatable bonds is 6. The first kappa shape index (κ1) is 29.5. The van der Waals surface area contributed by atoms with Crippen molar-refractivity contribution in [3.8, 4) is 0 Å². The summed E-state index contributed by atoms with van der Waals surface area (Å²) < 4.78 is 7.93. The Morgan fingerprint density at radius 1 is 0.837 bits per heavy atom. The molecule has 1 amide bonds. The largest absolute Gasteiger partial charge is 0.480 e. The Labute approximate surface area is 261 Å². The van der Waals surface area contributed by atoms with Gasteiger partial charge in [0.25, 0.3) is 0 Å². The Morgan fingerprint density at radius 3 is 1.86 bits per heavy atom. The molecule has 1 N–H and O–H groups in total. The van der Waals surface area contributed by atoms with Crippen molar-refractivity contribution in [2.24, 2.45) is 0 Å². The van der Waals surface area contributed by atoms with Crippen LogP contribution in [0.2, 0.25) is 10.0 Å². The highest BCUT2D eigenvalue weighted by Crippen LogP contribution is 2.45. The molecule has 1 saturated carbocycles. The van der Waals surface area contributed by atoms with Crippen LogP contribution in [0.25, 0.3) is 11.0 Å². The van der Waals surface area contributed by atoms with Gasteiger partial charge in [0.2, 0.25) is 0 Å². The fraction of sp³-hybridized carbons (Fsp3) is 0.382. The second-order valence-electron chi connectivity index (χ2n) is 12.6. The van der Waals surface area contributed by atoms with Crippen LogP contribution in [0.1, 0.15) is 80.9 Å². The second kappa shape index (κ2) is 11.2. The van der Waals surface area contributed by atoms with Crippen molar-refractivity contribution in [1.82, 2.24) is 14.5 Å². The molecule has 224 valence electrons. The lowest BCUT2D eigenvalue weighted by molar-refractivity contribution is -0.140. The number of nitrogens with zero attached hydrogens (tertiary/aromatic N) is 3. The summed E-state index contributed by atoms with van der Waals surface area (Å²) in [5.41, 5.74) is 1.48. The molecule has 2 fully saturated rings. The van der Waals surface area contributed by atoms with Crippen molar-refractivity contribution < 1.29 is 19.4 Å². The van der Waals surface area contributed by atoms with Gasteiger partial charge in [-0.3, -0.25) is 4.79 Å². The minimum atomic E-state index is -1.52. The third-order valence-corrected chi connectivity index (χ3v) is 8.95. The van der Waals surface area contributed by atoms with E-state index in [9.17, 15) is 14.7 Å². The SMILES string of the molecule is CC(C)(C)OC(=O)N1CCC(n2c(C3CC3)nc3ccc(C(C(=O)O)(c4ccc(Cl)cc4)c4ccc(Cl)cc4)cc32)CC1. The molecule has 6 rings (SSSR count). The van der Waals surface area contributed by atoms with Crippen molar-refractivity contribution in [1.29, 1.82) is 0 Å². The van der Waals surface area contributed by atoms with Crippen LogP contribution in [0.3, 0.4) is 0 Å². The van der Waals surface area contributed by atoms with Gasteiger partial charge < -0.3 is 19.3 Å². The van der Waals surface area contributed by atoms with Crippen LogP contribution in [0.5, 0.6) is 0 Å². The van der Waals surface area contributed by atoms with Gasteiger partial charge in [0, 0.05) is 35.1 Å². The lowest BCUT2D eigenvalue weighted by Gasteiger charge is -2.35. The van der Waals surface area contributed by atoms with Crippen LogP contribution in [-0.2, 0) is 14.9 Å². The van der Waals surface area contributed by atoms with Gasteiger partial charge in [-0.25, -0.2) is 9.78 Å². The molecule has 3 aromatic carbocycles. The summed E-state index contributed by atoms with van der Waals surface area (Å²) in [6.07, 6.45) is 3.40. The average molecular weight is 621 g/mol. The Morgan fingerprint density at radius 2 is 1.37 bits per heavy atom. The molecule has 1 aliphatic heterocycles. The van der Waals surface area contributed by atoms with Gasteiger partial charge in [-0.15, -0.1) is 0 Å². The number of benzene rings is 3. The summed E-state index contributed by atoms with van der Waals surface area (Å²) in [6, 6.07) is 19.9. The number of aliphatic carboxylic acids is 1. The number of halogens is 2. The summed E-state index contributed by atoms with van der Waals surface area (Å²) in [5.74, 6) is 0.425. The molecule has 0 bridgehead atoms. The van der Waals surface area contributed by atoms with Gasteiger partial charge in [0.05, 0.1) is 11.0 Å².